The van der Waals surface area contributed by atoms with E-state index in [-0.39, 0.29) is 18.9 Å². The van der Waals surface area contributed by atoms with Crippen molar-refractivity contribution in [3.63, 3.8) is 0 Å². The molecule has 2 aromatic carbocycles. The molecule has 1 heterocycles. The van der Waals surface area contributed by atoms with Crippen LogP contribution in [0.3, 0.4) is 0 Å². The summed E-state index contributed by atoms with van der Waals surface area (Å²) < 4.78 is 16.7. The summed E-state index contributed by atoms with van der Waals surface area (Å²) in [5.41, 5.74) is 1.41. The molecule has 0 unspecified atom stereocenters. The lowest BCUT2D eigenvalue weighted by Gasteiger charge is -2.15. The molecule has 0 saturated carbocycles. The van der Waals surface area contributed by atoms with Gasteiger partial charge in [0.15, 0.2) is 15.8 Å². The van der Waals surface area contributed by atoms with E-state index in [1.54, 1.807) is 48.5 Å². The molecule has 1 saturated heterocycles. The fourth-order valence-corrected chi connectivity index (χ4v) is 4.14. The lowest BCUT2D eigenvalue weighted by Crippen LogP contribution is -2.27. The van der Waals surface area contributed by atoms with Crippen molar-refractivity contribution in [1.29, 1.82) is 0 Å². The number of benzene rings is 2. The van der Waals surface area contributed by atoms with Crippen LogP contribution < -0.4 is 19.1 Å². The summed E-state index contributed by atoms with van der Waals surface area (Å²) in [6, 6.07) is 12.4. The predicted molar refractivity (Wildman–Crippen MR) is 124 cm³/mol. The van der Waals surface area contributed by atoms with Crippen LogP contribution in [0.25, 0.3) is 6.08 Å². The Morgan fingerprint density at radius 2 is 1.90 bits per heavy atom. The van der Waals surface area contributed by atoms with Crippen molar-refractivity contribution < 1.29 is 28.9 Å². The quantitative estimate of drug-likeness (QED) is 0.438. The van der Waals surface area contributed by atoms with Gasteiger partial charge < -0.3 is 19.3 Å². The molecule has 2 aromatic rings. The number of rotatable bonds is 9. The second kappa shape index (κ2) is 10.3. The molecule has 162 valence electrons. The highest BCUT2D eigenvalue weighted by molar-refractivity contribution is 8.27. The fourth-order valence-electron chi connectivity index (χ4n) is 2.84. The van der Waals surface area contributed by atoms with Gasteiger partial charge in [0.1, 0.15) is 5.75 Å². The van der Waals surface area contributed by atoms with Crippen molar-refractivity contribution >= 4 is 51.9 Å². The van der Waals surface area contributed by atoms with E-state index in [1.165, 1.54) is 23.8 Å². The Morgan fingerprint density at radius 3 is 2.55 bits per heavy atom. The third kappa shape index (κ3) is 5.56. The molecule has 0 atom stereocenters. The summed E-state index contributed by atoms with van der Waals surface area (Å²) in [5, 5.41) is 8.74. The summed E-state index contributed by atoms with van der Waals surface area (Å²) in [7, 11) is 1.49. The molecule has 1 aliphatic rings. The van der Waals surface area contributed by atoms with Gasteiger partial charge in [-0.25, -0.2) is 0 Å². The van der Waals surface area contributed by atoms with Gasteiger partial charge in [0.25, 0.3) is 5.91 Å². The third-order valence-electron chi connectivity index (χ3n) is 4.26. The van der Waals surface area contributed by atoms with Crippen LogP contribution in [-0.4, -0.2) is 41.6 Å². The van der Waals surface area contributed by atoms with Gasteiger partial charge in [-0.15, -0.1) is 0 Å². The maximum absolute atomic E-state index is 13.0. The number of carbonyl (C=O) groups excluding carboxylic acids is 1. The number of carbonyl (C=O) groups is 2. The Morgan fingerprint density at radius 1 is 1.16 bits per heavy atom. The van der Waals surface area contributed by atoms with Gasteiger partial charge in [-0.2, -0.15) is 0 Å². The first-order valence-corrected chi connectivity index (χ1v) is 10.7. The van der Waals surface area contributed by atoms with Gasteiger partial charge in [0, 0.05) is 0 Å². The Balaban J connectivity index is 1.78. The number of carboxylic acid groups (broad SMARTS) is 1. The molecular weight excluding hydrogens is 438 g/mol. The van der Waals surface area contributed by atoms with Crippen LogP contribution in [0.2, 0.25) is 0 Å². The number of carboxylic acids is 1. The van der Waals surface area contributed by atoms with Crippen molar-refractivity contribution in [2.75, 3.05) is 25.2 Å². The van der Waals surface area contributed by atoms with Crippen molar-refractivity contribution in [2.24, 2.45) is 0 Å². The first kappa shape index (κ1) is 22.6. The molecule has 3 rings (SSSR count). The van der Waals surface area contributed by atoms with E-state index in [1.807, 2.05) is 6.92 Å². The van der Waals surface area contributed by atoms with E-state index >= 15 is 0 Å². The normalized spacial score (nSPS) is 14.8. The average molecular weight is 460 g/mol. The first-order valence-electron chi connectivity index (χ1n) is 9.46. The number of thiocarbonyl (C=S) groups is 1. The largest absolute Gasteiger partial charge is 0.494 e. The van der Waals surface area contributed by atoms with E-state index in [9.17, 15) is 9.59 Å². The van der Waals surface area contributed by atoms with Crippen molar-refractivity contribution in [3.8, 4) is 17.2 Å². The summed E-state index contributed by atoms with van der Waals surface area (Å²) in [5.74, 6) is 0.457. The number of anilines is 1. The monoisotopic (exact) mass is 459 g/mol. The average Bonchev–Trinajstić information content (AvgIpc) is 3.02. The Kier molecular flexibility index (Phi) is 7.54. The summed E-state index contributed by atoms with van der Waals surface area (Å²) in [6.07, 6.45) is 1.62. The molecule has 9 heteroatoms. The smallest absolute Gasteiger partial charge is 0.306 e. The molecule has 0 bridgehead atoms. The highest BCUT2D eigenvalue weighted by Gasteiger charge is 2.33. The molecule has 0 aliphatic carbocycles. The molecule has 1 amide bonds. The van der Waals surface area contributed by atoms with E-state index in [0.29, 0.717) is 33.0 Å². The van der Waals surface area contributed by atoms with Gasteiger partial charge in [-0.05, 0) is 55.0 Å². The number of methoxy groups -OCH3 is 1. The molecule has 31 heavy (non-hydrogen) atoms. The number of ether oxygens (including phenoxy) is 3. The Labute approximate surface area is 189 Å². The highest BCUT2D eigenvalue weighted by atomic mass is 32.2. The van der Waals surface area contributed by atoms with Crippen molar-refractivity contribution in [3.05, 3.63) is 52.9 Å². The molecule has 1 aliphatic heterocycles. The number of amides is 1. The second-order valence-electron chi connectivity index (χ2n) is 6.35. The molecular formula is C22H21NO6S2. The van der Waals surface area contributed by atoms with E-state index in [0.717, 1.165) is 11.3 Å². The van der Waals surface area contributed by atoms with Gasteiger partial charge in [-0.1, -0.05) is 30.0 Å². The minimum Gasteiger partial charge on any atom is -0.494 e. The van der Waals surface area contributed by atoms with Crippen LogP contribution >= 0.6 is 24.0 Å². The van der Waals surface area contributed by atoms with Gasteiger partial charge in [0.05, 0.1) is 37.3 Å². The number of thioether (sulfide) groups is 1. The van der Waals surface area contributed by atoms with E-state index in [2.05, 4.69) is 0 Å². The van der Waals surface area contributed by atoms with Crippen LogP contribution in [0.4, 0.5) is 5.69 Å². The number of hydrogen-bond acceptors (Lipinski definition) is 7. The molecule has 1 fully saturated rings. The maximum Gasteiger partial charge on any atom is 0.306 e. The lowest BCUT2D eigenvalue weighted by atomic mass is 10.1. The van der Waals surface area contributed by atoms with Crippen molar-refractivity contribution in [1.82, 2.24) is 0 Å². The Bertz CT molecular complexity index is 1020. The number of hydrogen-bond donors (Lipinski definition) is 1. The first-order chi connectivity index (χ1) is 14.9. The topological polar surface area (TPSA) is 85.3 Å². The van der Waals surface area contributed by atoms with Crippen LogP contribution in [0.1, 0.15) is 18.9 Å². The standard InChI is InChI=1S/C22H21NO6S2/c1-3-28-16-7-5-15(6-8-16)23-21(26)19(31-22(23)30)13-14-4-9-17(18(12-14)27-2)29-11-10-20(24)25/h4-9,12-13H,3,10-11H2,1-2H3,(H,24,25)/b19-13+. The van der Waals surface area contributed by atoms with Crippen LogP contribution in [0.5, 0.6) is 17.2 Å². The van der Waals surface area contributed by atoms with Crippen LogP contribution in [0.15, 0.2) is 47.4 Å². The predicted octanol–water partition coefficient (Wildman–Crippen LogP) is 4.35. The second-order valence-corrected chi connectivity index (χ2v) is 8.02. The maximum atomic E-state index is 13.0. The minimum absolute atomic E-state index is 0.0335. The summed E-state index contributed by atoms with van der Waals surface area (Å²) in [6.45, 7) is 2.51. The summed E-state index contributed by atoms with van der Waals surface area (Å²) >= 11 is 6.64. The molecule has 7 nitrogen and oxygen atoms in total. The minimum atomic E-state index is -0.940. The lowest BCUT2D eigenvalue weighted by molar-refractivity contribution is -0.137. The third-order valence-corrected chi connectivity index (χ3v) is 5.56. The molecule has 0 aromatic heterocycles. The van der Waals surface area contributed by atoms with Gasteiger partial charge >= 0.3 is 5.97 Å². The zero-order valence-electron chi connectivity index (χ0n) is 17.0. The highest BCUT2D eigenvalue weighted by Crippen LogP contribution is 2.37. The van der Waals surface area contributed by atoms with E-state index in [4.69, 9.17) is 31.5 Å². The van der Waals surface area contributed by atoms with Crippen molar-refractivity contribution in [2.45, 2.75) is 13.3 Å². The SMILES string of the molecule is CCOc1ccc(N2C(=O)/C(=C\c3ccc(OCCC(=O)O)c(OC)c3)SC2=S)cc1. The van der Waals surface area contributed by atoms with Gasteiger partial charge in [-0.3, -0.25) is 14.5 Å². The zero-order chi connectivity index (χ0) is 22.4. The van der Waals surface area contributed by atoms with Crippen LogP contribution in [-0.2, 0) is 9.59 Å². The number of aliphatic carboxylic acids is 1. The molecule has 1 N–H and O–H groups in total. The fraction of sp³-hybridized carbons (Fsp3) is 0.227. The zero-order valence-corrected chi connectivity index (χ0v) is 18.6. The van der Waals surface area contributed by atoms with E-state index < -0.39 is 5.97 Å². The molecule has 0 radical (unpaired) electrons. The Hall–Kier alpha value is -3.04. The molecule has 0 spiro atoms. The summed E-state index contributed by atoms with van der Waals surface area (Å²) in [4.78, 5) is 25.6. The van der Waals surface area contributed by atoms with Gasteiger partial charge in [0.2, 0.25) is 0 Å². The number of nitrogens with zero attached hydrogens (tertiary/aromatic N) is 1. The van der Waals surface area contributed by atoms with Crippen LogP contribution in [0, 0.1) is 0 Å².